The van der Waals surface area contributed by atoms with Crippen LogP contribution in [-0.4, -0.2) is 31.1 Å². The SMILES string of the molecule is O=C(Nc1cccc(C(=O)N2CCc3ccccc32)c1)[C@H]1CCCO1. The molecule has 0 unspecified atom stereocenters. The Bertz CT molecular complexity index is 812. The number of amides is 2. The van der Waals surface area contributed by atoms with E-state index >= 15 is 0 Å². The normalized spacial score (nSPS) is 18.9. The molecule has 2 amide bonds. The number of hydrogen-bond acceptors (Lipinski definition) is 3. The Kier molecular flexibility index (Phi) is 4.24. The van der Waals surface area contributed by atoms with Gasteiger partial charge in [0, 0.05) is 30.1 Å². The predicted octanol–water partition coefficient (Wildman–Crippen LogP) is 3.01. The first-order chi connectivity index (χ1) is 12.2. The van der Waals surface area contributed by atoms with Crippen LogP contribution in [0.25, 0.3) is 0 Å². The van der Waals surface area contributed by atoms with E-state index in [0.29, 0.717) is 24.4 Å². The standard InChI is InChI=1S/C20H20N2O3/c23-19(18-9-4-12-25-18)21-16-7-3-6-15(13-16)20(24)22-11-10-14-5-1-2-8-17(14)22/h1-3,5-8,13,18H,4,9-12H2,(H,21,23)/t18-/m1/s1. The van der Waals surface area contributed by atoms with Gasteiger partial charge in [0.15, 0.2) is 0 Å². The maximum absolute atomic E-state index is 12.9. The number of ether oxygens (including phenoxy) is 1. The molecule has 2 heterocycles. The number of benzene rings is 2. The lowest BCUT2D eigenvalue weighted by Crippen LogP contribution is -2.29. The zero-order chi connectivity index (χ0) is 17.2. The van der Waals surface area contributed by atoms with E-state index in [4.69, 9.17) is 4.74 Å². The van der Waals surface area contributed by atoms with Gasteiger partial charge in [0.05, 0.1) is 0 Å². The maximum atomic E-state index is 12.9. The van der Waals surface area contributed by atoms with Crippen LogP contribution in [0.3, 0.4) is 0 Å². The molecule has 1 saturated heterocycles. The van der Waals surface area contributed by atoms with Gasteiger partial charge in [-0.3, -0.25) is 9.59 Å². The molecule has 5 heteroatoms. The summed E-state index contributed by atoms with van der Waals surface area (Å²) in [6.07, 6.45) is 2.14. The van der Waals surface area contributed by atoms with Crippen molar-refractivity contribution in [2.45, 2.75) is 25.4 Å². The van der Waals surface area contributed by atoms with Crippen LogP contribution in [0, 0.1) is 0 Å². The summed E-state index contributed by atoms with van der Waals surface area (Å²) in [5.74, 6) is -0.188. The number of anilines is 2. The second kappa shape index (κ2) is 6.69. The molecule has 128 valence electrons. The van der Waals surface area contributed by atoms with E-state index in [9.17, 15) is 9.59 Å². The van der Waals surface area contributed by atoms with Crippen LogP contribution in [0.1, 0.15) is 28.8 Å². The Labute approximate surface area is 146 Å². The summed E-state index contributed by atoms with van der Waals surface area (Å²) < 4.78 is 5.40. The summed E-state index contributed by atoms with van der Waals surface area (Å²) in [7, 11) is 0. The first-order valence-electron chi connectivity index (χ1n) is 8.65. The van der Waals surface area contributed by atoms with Crippen molar-refractivity contribution < 1.29 is 14.3 Å². The summed E-state index contributed by atoms with van der Waals surface area (Å²) in [6, 6.07) is 15.1. The Balaban J connectivity index is 1.51. The third-order valence-corrected chi connectivity index (χ3v) is 4.73. The molecule has 1 N–H and O–H groups in total. The maximum Gasteiger partial charge on any atom is 0.258 e. The van der Waals surface area contributed by atoms with Gasteiger partial charge in [0.2, 0.25) is 0 Å². The van der Waals surface area contributed by atoms with Gasteiger partial charge in [-0.2, -0.15) is 0 Å². The molecule has 2 aliphatic heterocycles. The van der Waals surface area contributed by atoms with Crippen molar-refractivity contribution in [3.8, 4) is 0 Å². The first-order valence-corrected chi connectivity index (χ1v) is 8.65. The number of nitrogens with zero attached hydrogens (tertiary/aromatic N) is 1. The molecule has 0 radical (unpaired) electrons. The zero-order valence-electron chi connectivity index (χ0n) is 13.9. The molecular weight excluding hydrogens is 316 g/mol. The number of rotatable bonds is 3. The summed E-state index contributed by atoms with van der Waals surface area (Å²) in [5.41, 5.74) is 3.36. The summed E-state index contributed by atoms with van der Waals surface area (Å²) in [4.78, 5) is 26.9. The second-order valence-electron chi connectivity index (χ2n) is 6.41. The van der Waals surface area contributed by atoms with Crippen LogP contribution in [0.15, 0.2) is 48.5 Å². The average Bonchev–Trinajstić information content (AvgIpc) is 3.31. The molecule has 1 fully saturated rings. The topological polar surface area (TPSA) is 58.6 Å². The van der Waals surface area contributed by atoms with Crippen LogP contribution in [0.4, 0.5) is 11.4 Å². The van der Waals surface area contributed by atoms with Crippen molar-refractivity contribution in [3.63, 3.8) is 0 Å². The highest BCUT2D eigenvalue weighted by Crippen LogP contribution is 2.29. The Morgan fingerprint density at radius 3 is 2.84 bits per heavy atom. The fraction of sp³-hybridized carbons (Fsp3) is 0.300. The lowest BCUT2D eigenvalue weighted by molar-refractivity contribution is -0.124. The van der Waals surface area contributed by atoms with Gasteiger partial charge in [0.25, 0.3) is 11.8 Å². The fourth-order valence-corrected chi connectivity index (χ4v) is 3.44. The molecular formula is C20H20N2O3. The minimum Gasteiger partial charge on any atom is -0.368 e. The van der Waals surface area contributed by atoms with Crippen molar-refractivity contribution in [1.29, 1.82) is 0 Å². The minimum atomic E-state index is -0.384. The van der Waals surface area contributed by atoms with Gasteiger partial charge in [-0.25, -0.2) is 0 Å². The highest BCUT2D eigenvalue weighted by molar-refractivity contribution is 6.08. The Morgan fingerprint density at radius 1 is 1.12 bits per heavy atom. The van der Waals surface area contributed by atoms with Gasteiger partial charge >= 0.3 is 0 Å². The van der Waals surface area contributed by atoms with E-state index in [1.807, 2.05) is 18.2 Å². The van der Waals surface area contributed by atoms with Crippen LogP contribution in [0.2, 0.25) is 0 Å². The van der Waals surface area contributed by atoms with Gasteiger partial charge in [0.1, 0.15) is 6.10 Å². The van der Waals surface area contributed by atoms with E-state index in [-0.39, 0.29) is 17.9 Å². The predicted molar refractivity (Wildman–Crippen MR) is 95.9 cm³/mol. The Morgan fingerprint density at radius 2 is 2.00 bits per heavy atom. The molecule has 0 aromatic heterocycles. The summed E-state index contributed by atoms with van der Waals surface area (Å²) in [6.45, 7) is 1.32. The van der Waals surface area contributed by atoms with E-state index in [2.05, 4.69) is 11.4 Å². The lowest BCUT2D eigenvalue weighted by Gasteiger charge is -2.18. The minimum absolute atomic E-state index is 0.0434. The monoisotopic (exact) mass is 336 g/mol. The number of hydrogen-bond donors (Lipinski definition) is 1. The average molecular weight is 336 g/mol. The fourth-order valence-electron chi connectivity index (χ4n) is 3.44. The highest BCUT2D eigenvalue weighted by atomic mass is 16.5. The van der Waals surface area contributed by atoms with E-state index in [1.54, 1.807) is 29.2 Å². The summed E-state index contributed by atoms with van der Waals surface area (Å²) in [5, 5.41) is 2.85. The van der Waals surface area contributed by atoms with Crippen molar-refractivity contribution >= 4 is 23.2 Å². The van der Waals surface area contributed by atoms with Crippen LogP contribution < -0.4 is 10.2 Å². The van der Waals surface area contributed by atoms with Crippen LogP contribution in [-0.2, 0) is 16.0 Å². The molecule has 4 rings (SSSR count). The van der Waals surface area contributed by atoms with Gasteiger partial charge in [-0.15, -0.1) is 0 Å². The van der Waals surface area contributed by atoms with Crippen molar-refractivity contribution in [1.82, 2.24) is 0 Å². The first kappa shape index (κ1) is 15.8. The number of carbonyl (C=O) groups is 2. The molecule has 0 spiro atoms. The van der Waals surface area contributed by atoms with E-state index in [0.717, 1.165) is 24.9 Å². The molecule has 0 saturated carbocycles. The number of fused-ring (bicyclic) bond motifs is 1. The number of nitrogens with one attached hydrogen (secondary N) is 1. The largest absolute Gasteiger partial charge is 0.368 e. The third kappa shape index (κ3) is 3.15. The quantitative estimate of drug-likeness (QED) is 0.937. The van der Waals surface area contributed by atoms with Crippen molar-refractivity contribution in [2.75, 3.05) is 23.4 Å². The molecule has 1 atom stereocenters. The summed E-state index contributed by atoms with van der Waals surface area (Å²) >= 11 is 0. The third-order valence-electron chi connectivity index (χ3n) is 4.73. The zero-order valence-corrected chi connectivity index (χ0v) is 13.9. The number of carbonyl (C=O) groups excluding carboxylic acids is 2. The molecule has 2 aromatic rings. The molecule has 0 bridgehead atoms. The van der Waals surface area contributed by atoms with Crippen molar-refractivity contribution in [3.05, 3.63) is 59.7 Å². The van der Waals surface area contributed by atoms with Crippen molar-refractivity contribution in [2.24, 2.45) is 0 Å². The van der Waals surface area contributed by atoms with Gasteiger partial charge in [-0.05, 0) is 49.1 Å². The Hall–Kier alpha value is -2.66. The molecule has 2 aromatic carbocycles. The van der Waals surface area contributed by atoms with Crippen LogP contribution in [0.5, 0.6) is 0 Å². The molecule has 2 aliphatic rings. The molecule has 0 aliphatic carbocycles. The highest BCUT2D eigenvalue weighted by Gasteiger charge is 2.26. The van der Waals surface area contributed by atoms with E-state index < -0.39 is 0 Å². The van der Waals surface area contributed by atoms with Gasteiger partial charge < -0.3 is 15.0 Å². The van der Waals surface area contributed by atoms with E-state index in [1.165, 1.54) is 5.56 Å². The molecule has 5 nitrogen and oxygen atoms in total. The number of para-hydroxylation sites is 1. The lowest BCUT2D eigenvalue weighted by atomic mass is 10.1. The van der Waals surface area contributed by atoms with Gasteiger partial charge in [-0.1, -0.05) is 24.3 Å². The molecule has 25 heavy (non-hydrogen) atoms. The van der Waals surface area contributed by atoms with Crippen LogP contribution >= 0.6 is 0 Å². The second-order valence-corrected chi connectivity index (χ2v) is 6.41. The smallest absolute Gasteiger partial charge is 0.258 e.